The average Bonchev–Trinajstić information content (AvgIpc) is 2.75. The van der Waals surface area contributed by atoms with E-state index in [1.54, 1.807) is 13.2 Å². The zero-order chi connectivity index (χ0) is 12.4. The molecule has 2 N–H and O–H groups in total. The topological polar surface area (TPSA) is 55.6 Å². The highest BCUT2D eigenvalue weighted by Gasteiger charge is 2.30. The van der Waals surface area contributed by atoms with Crippen molar-refractivity contribution in [1.29, 1.82) is 0 Å². The number of methoxy groups -OCH3 is 1. The standard InChI is InChI=1S/C12H18N2O2S/c1-8-3-5-14(7-10(8)16-2)12(15)11-9(13)4-6-17-11/h4,6,8,10H,3,5,7,13H2,1-2H3. The highest BCUT2D eigenvalue weighted by Crippen LogP contribution is 2.25. The van der Waals surface area contributed by atoms with Gasteiger partial charge in [-0.3, -0.25) is 4.79 Å². The lowest BCUT2D eigenvalue weighted by molar-refractivity contribution is -0.00135. The first-order valence-corrected chi connectivity index (χ1v) is 6.66. The van der Waals surface area contributed by atoms with Gasteiger partial charge in [0.2, 0.25) is 0 Å². The minimum Gasteiger partial charge on any atom is -0.397 e. The van der Waals surface area contributed by atoms with Gasteiger partial charge in [0.05, 0.1) is 11.8 Å². The van der Waals surface area contributed by atoms with Crippen LogP contribution in [-0.4, -0.2) is 37.1 Å². The van der Waals surface area contributed by atoms with E-state index in [2.05, 4.69) is 6.92 Å². The van der Waals surface area contributed by atoms with Gasteiger partial charge in [-0.2, -0.15) is 0 Å². The SMILES string of the molecule is COC1CN(C(=O)c2sccc2N)CCC1C. The monoisotopic (exact) mass is 254 g/mol. The van der Waals surface area contributed by atoms with Crippen molar-refractivity contribution in [1.82, 2.24) is 4.90 Å². The number of rotatable bonds is 2. The number of nitrogens with zero attached hydrogens (tertiary/aromatic N) is 1. The summed E-state index contributed by atoms with van der Waals surface area (Å²) in [5.41, 5.74) is 6.35. The Morgan fingerprint density at radius 1 is 1.65 bits per heavy atom. The molecular formula is C12H18N2O2S. The molecule has 1 amide bonds. The Bertz CT molecular complexity index is 405. The van der Waals surface area contributed by atoms with E-state index in [1.165, 1.54) is 11.3 Å². The lowest BCUT2D eigenvalue weighted by Crippen LogP contribution is -2.46. The van der Waals surface area contributed by atoms with Gasteiger partial charge in [-0.1, -0.05) is 6.92 Å². The largest absolute Gasteiger partial charge is 0.397 e. The van der Waals surface area contributed by atoms with Crippen molar-refractivity contribution in [3.63, 3.8) is 0 Å². The van der Waals surface area contributed by atoms with Gasteiger partial charge in [-0.15, -0.1) is 11.3 Å². The summed E-state index contributed by atoms with van der Waals surface area (Å²) in [6, 6.07) is 1.78. The van der Waals surface area contributed by atoms with E-state index in [1.807, 2.05) is 10.3 Å². The molecule has 0 bridgehead atoms. The lowest BCUT2D eigenvalue weighted by Gasteiger charge is -2.36. The third-order valence-electron chi connectivity index (χ3n) is 3.37. The van der Waals surface area contributed by atoms with Gasteiger partial charge in [-0.25, -0.2) is 0 Å². The van der Waals surface area contributed by atoms with Gasteiger partial charge in [0.1, 0.15) is 4.88 Å². The van der Waals surface area contributed by atoms with Gasteiger partial charge in [0, 0.05) is 20.2 Å². The van der Waals surface area contributed by atoms with Crippen LogP contribution in [0.1, 0.15) is 23.0 Å². The second-order valence-electron chi connectivity index (χ2n) is 4.50. The van der Waals surface area contributed by atoms with Crippen LogP contribution in [0.15, 0.2) is 11.4 Å². The molecule has 1 aromatic rings. The Morgan fingerprint density at radius 3 is 3.00 bits per heavy atom. The fourth-order valence-corrected chi connectivity index (χ4v) is 2.95. The van der Waals surface area contributed by atoms with Crippen molar-refractivity contribution in [3.05, 3.63) is 16.3 Å². The molecule has 94 valence electrons. The van der Waals surface area contributed by atoms with Crippen molar-refractivity contribution in [2.24, 2.45) is 5.92 Å². The fraction of sp³-hybridized carbons (Fsp3) is 0.583. The second-order valence-corrected chi connectivity index (χ2v) is 5.41. The Morgan fingerprint density at radius 2 is 2.41 bits per heavy atom. The number of hydrogen-bond acceptors (Lipinski definition) is 4. The van der Waals surface area contributed by atoms with Gasteiger partial charge in [0.25, 0.3) is 5.91 Å². The number of nitrogens with two attached hydrogens (primary N) is 1. The summed E-state index contributed by atoms with van der Waals surface area (Å²) in [7, 11) is 1.70. The minimum absolute atomic E-state index is 0.0338. The molecule has 1 aliphatic rings. The van der Waals surface area contributed by atoms with E-state index in [4.69, 9.17) is 10.5 Å². The zero-order valence-electron chi connectivity index (χ0n) is 10.2. The van der Waals surface area contributed by atoms with Crippen molar-refractivity contribution in [2.45, 2.75) is 19.4 Å². The van der Waals surface area contributed by atoms with E-state index >= 15 is 0 Å². The van der Waals surface area contributed by atoms with E-state index < -0.39 is 0 Å². The number of anilines is 1. The number of nitrogen functional groups attached to an aromatic ring is 1. The number of thiophene rings is 1. The summed E-state index contributed by atoms with van der Waals surface area (Å²) in [6.07, 6.45) is 1.11. The van der Waals surface area contributed by atoms with Crippen LogP contribution in [0, 0.1) is 5.92 Å². The van der Waals surface area contributed by atoms with Gasteiger partial charge < -0.3 is 15.4 Å². The van der Waals surface area contributed by atoms with Crippen LogP contribution in [0.2, 0.25) is 0 Å². The number of piperidine rings is 1. The maximum Gasteiger partial charge on any atom is 0.266 e. The molecule has 2 heterocycles. The molecule has 0 aliphatic carbocycles. The van der Waals surface area contributed by atoms with Crippen LogP contribution in [0.5, 0.6) is 0 Å². The molecular weight excluding hydrogens is 236 g/mol. The quantitative estimate of drug-likeness (QED) is 0.876. The van der Waals surface area contributed by atoms with Crippen LogP contribution in [-0.2, 0) is 4.74 Å². The Kier molecular flexibility index (Phi) is 3.69. The molecule has 1 aromatic heterocycles. The Labute approximate surface area is 105 Å². The molecule has 0 saturated carbocycles. The first-order valence-electron chi connectivity index (χ1n) is 5.78. The second kappa shape index (κ2) is 5.06. The molecule has 1 aliphatic heterocycles. The minimum atomic E-state index is 0.0338. The smallest absolute Gasteiger partial charge is 0.266 e. The van der Waals surface area contributed by atoms with Crippen LogP contribution in [0.25, 0.3) is 0 Å². The van der Waals surface area contributed by atoms with E-state index in [0.29, 0.717) is 23.0 Å². The molecule has 5 heteroatoms. The summed E-state index contributed by atoms with van der Waals surface area (Å²) in [6.45, 7) is 3.61. The highest BCUT2D eigenvalue weighted by molar-refractivity contribution is 7.12. The number of likely N-dealkylation sites (tertiary alicyclic amines) is 1. The number of carbonyl (C=O) groups excluding carboxylic acids is 1. The molecule has 0 aromatic carbocycles. The van der Waals surface area contributed by atoms with Crippen LogP contribution >= 0.6 is 11.3 Å². The molecule has 0 radical (unpaired) electrons. The Balaban J connectivity index is 2.09. The van der Waals surface area contributed by atoms with Crippen LogP contribution in [0.4, 0.5) is 5.69 Å². The van der Waals surface area contributed by atoms with E-state index in [-0.39, 0.29) is 12.0 Å². The lowest BCUT2D eigenvalue weighted by atomic mass is 9.95. The third-order valence-corrected chi connectivity index (χ3v) is 4.29. The molecule has 2 rings (SSSR count). The average molecular weight is 254 g/mol. The first-order chi connectivity index (χ1) is 8.13. The summed E-state index contributed by atoms with van der Waals surface area (Å²) in [4.78, 5) is 14.7. The van der Waals surface area contributed by atoms with E-state index in [9.17, 15) is 4.79 Å². The molecule has 2 unspecified atom stereocenters. The molecule has 1 saturated heterocycles. The fourth-order valence-electron chi connectivity index (χ4n) is 2.16. The first kappa shape index (κ1) is 12.4. The maximum atomic E-state index is 12.3. The van der Waals surface area contributed by atoms with Crippen molar-refractivity contribution in [3.8, 4) is 0 Å². The van der Waals surface area contributed by atoms with Crippen molar-refractivity contribution >= 4 is 22.9 Å². The summed E-state index contributed by atoms with van der Waals surface area (Å²) in [5, 5.41) is 1.85. The molecule has 0 spiro atoms. The predicted octanol–water partition coefficient (Wildman–Crippen LogP) is 1.83. The predicted molar refractivity (Wildman–Crippen MR) is 69.2 cm³/mol. The van der Waals surface area contributed by atoms with Crippen molar-refractivity contribution in [2.75, 3.05) is 25.9 Å². The van der Waals surface area contributed by atoms with E-state index in [0.717, 1.165) is 13.0 Å². The highest BCUT2D eigenvalue weighted by atomic mass is 32.1. The number of hydrogen-bond donors (Lipinski definition) is 1. The molecule has 1 fully saturated rings. The van der Waals surface area contributed by atoms with Gasteiger partial charge in [-0.05, 0) is 23.8 Å². The van der Waals surface area contributed by atoms with Gasteiger partial charge in [0.15, 0.2) is 0 Å². The number of ether oxygens (including phenoxy) is 1. The van der Waals surface area contributed by atoms with Crippen LogP contribution < -0.4 is 5.73 Å². The maximum absolute atomic E-state index is 12.3. The Hall–Kier alpha value is -1.07. The molecule has 4 nitrogen and oxygen atoms in total. The zero-order valence-corrected chi connectivity index (χ0v) is 11.0. The summed E-state index contributed by atoms with van der Waals surface area (Å²) >= 11 is 1.40. The summed E-state index contributed by atoms with van der Waals surface area (Å²) in [5.74, 6) is 0.538. The molecule has 17 heavy (non-hydrogen) atoms. The molecule has 2 atom stereocenters. The van der Waals surface area contributed by atoms with Gasteiger partial charge >= 0.3 is 0 Å². The third kappa shape index (κ3) is 2.45. The van der Waals surface area contributed by atoms with Crippen LogP contribution in [0.3, 0.4) is 0 Å². The van der Waals surface area contributed by atoms with Crippen molar-refractivity contribution < 1.29 is 9.53 Å². The summed E-state index contributed by atoms with van der Waals surface area (Å²) < 4.78 is 5.41. The number of amides is 1. The normalized spacial score (nSPS) is 24.9. The number of carbonyl (C=O) groups is 1.